The lowest BCUT2D eigenvalue weighted by Gasteiger charge is -2.40. The molecular weight excluding hydrogens is 603 g/mol. The van der Waals surface area contributed by atoms with E-state index in [0.29, 0.717) is 5.56 Å². The molecule has 1 atom stereocenters. The van der Waals surface area contributed by atoms with Crippen molar-refractivity contribution in [3.63, 3.8) is 0 Å². The lowest BCUT2D eigenvalue weighted by atomic mass is 9.65. The molecule has 1 spiro atoms. The zero-order valence-corrected chi connectivity index (χ0v) is 26.5. The van der Waals surface area contributed by atoms with Gasteiger partial charge in [-0.2, -0.15) is 5.26 Å². The van der Waals surface area contributed by atoms with Crippen molar-refractivity contribution in [2.45, 2.75) is 15.2 Å². The summed E-state index contributed by atoms with van der Waals surface area (Å²) in [5.41, 5.74) is 15.0. The number of anilines is 3. The number of aromatic nitrogens is 1. The molecule has 4 heteroatoms. The van der Waals surface area contributed by atoms with Crippen LogP contribution in [0.5, 0.6) is 0 Å². The number of para-hydroxylation sites is 4. The average Bonchev–Trinajstić information content (AvgIpc) is 3.65. The van der Waals surface area contributed by atoms with Gasteiger partial charge in [0.2, 0.25) is 0 Å². The number of benzene rings is 7. The van der Waals surface area contributed by atoms with Crippen molar-refractivity contribution in [3.8, 4) is 22.9 Å². The third-order valence-electron chi connectivity index (χ3n) is 10.6. The molecule has 0 fully saturated rings. The van der Waals surface area contributed by atoms with Crippen LogP contribution in [-0.2, 0) is 5.41 Å². The number of fused-ring (bicyclic) bond motifs is 15. The molecule has 1 unspecified atom stereocenters. The Hall–Kier alpha value is -6.02. The van der Waals surface area contributed by atoms with Crippen molar-refractivity contribution in [2.24, 2.45) is 0 Å². The molecule has 3 heterocycles. The molecule has 1 aliphatic carbocycles. The summed E-state index contributed by atoms with van der Waals surface area (Å²) in [6.45, 7) is 0. The van der Waals surface area contributed by atoms with Gasteiger partial charge in [0.15, 0.2) is 0 Å². The molecule has 0 N–H and O–H groups in total. The number of hydrogen-bond donors (Lipinski definition) is 0. The van der Waals surface area contributed by atoms with Crippen LogP contribution in [0.2, 0.25) is 0 Å². The Balaban J connectivity index is 1.31. The van der Waals surface area contributed by atoms with E-state index in [2.05, 4.69) is 155 Å². The Morgan fingerprint density at radius 3 is 2.12 bits per heavy atom. The summed E-state index contributed by atoms with van der Waals surface area (Å²) in [5, 5.41) is 12.2. The lowest BCUT2D eigenvalue weighted by Crippen LogP contribution is -2.33. The summed E-state index contributed by atoms with van der Waals surface area (Å²) in [6.07, 6.45) is 0. The number of nitrogens with zero attached hydrogens (tertiary/aromatic N) is 3. The van der Waals surface area contributed by atoms with E-state index in [1.54, 1.807) is 0 Å². The molecule has 48 heavy (non-hydrogen) atoms. The van der Waals surface area contributed by atoms with Gasteiger partial charge in [-0.1, -0.05) is 109 Å². The monoisotopic (exact) mass is 627 g/mol. The topological polar surface area (TPSA) is 32.0 Å². The molecule has 8 aromatic rings. The zero-order chi connectivity index (χ0) is 31.6. The quantitative estimate of drug-likeness (QED) is 0.181. The molecule has 0 saturated heterocycles. The average molecular weight is 628 g/mol. The maximum absolute atomic E-state index is 9.62. The van der Waals surface area contributed by atoms with Crippen LogP contribution in [0.25, 0.3) is 38.6 Å². The predicted octanol–water partition coefficient (Wildman–Crippen LogP) is 11.3. The van der Waals surface area contributed by atoms with Crippen LogP contribution >= 0.6 is 11.8 Å². The van der Waals surface area contributed by atoms with Gasteiger partial charge in [-0.05, 0) is 82.4 Å². The standard InChI is InChI=1S/C44H25N3S/c45-26-27-20-22-28(23-21-27)46-38-18-7-8-19-39(38)48-40-25-24-34-41(43(40)46)31-11-1-3-13-32(31)44(34)33-14-4-6-17-37(33)47-36-16-5-2-10-29(36)30-12-9-15-35(44)42(30)47/h1-25H. The molecule has 1 aromatic heterocycles. The molecule has 3 aliphatic rings. The Morgan fingerprint density at radius 2 is 1.25 bits per heavy atom. The molecule has 2 aliphatic heterocycles. The molecule has 0 amide bonds. The summed E-state index contributed by atoms with van der Waals surface area (Å²) in [4.78, 5) is 4.86. The van der Waals surface area contributed by atoms with Gasteiger partial charge in [0.05, 0.1) is 45.1 Å². The van der Waals surface area contributed by atoms with Gasteiger partial charge < -0.3 is 9.47 Å². The van der Waals surface area contributed by atoms with Crippen LogP contribution in [0.4, 0.5) is 17.1 Å². The fourth-order valence-corrected chi connectivity index (χ4v) is 9.91. The molecule has 7 aromatic carbocycles. The van der Waals surface area contributed by atoms with Crippen LogP contribution in [0.1, 0.15) is 27.8 Å². The highest BCUT2D eigenvalue weighted by atomic mass is 32.2. The van der Waals surface area contributed by atoms with Gasteiger partial charge in [0, 0.05) is 31.8 Å². The molecule has 0 bridgehead atoms. The molecular formula is C44H25N3S. The summed E-state index contributed by atoms with van der Waals surface area (Å²) < 4.78 is 2.49. The second-order valence-electron chi connectivity index (χ2n) is 12.8. The van der Waals surface area contributed by atoms with E-state index in [-0.39, 0.29) is 0 Å². The lowest BCUT2D eigenvalue weighted by molar-refractivity contribution is 0.748. The fourth-order valence-electron chi connectivity index (χ4n) is 8.84. The number of hydrogen-bond acceptors (Lipinski definition) is 3. The maximum atomic E-state index is 9.62. The first-order chi connectivity index (χ1) is 23.8. The minimum absolute atomic E-state index is 0.514. The van der Waals surface area contributed by atoms with Gasteiger partial charge >= 0.3 is 0 Å². The fraction of sp³-hybridized carbons (Fsp3) is 0.0227. The summed E-state index contributed by atoms with van der Waals surface area (Å²) >= 11 is 1.84. The van der Waals surface area contributed by atoms with Crippen LogP contribution in [0, 0.1) is 11.3 Å². The summed E-state index contributed by atoms with van der Waals surface area (Å²) in [7, 11) is 0. The predicted molar refractivity (Wildman–Crippen MR) is 195 cm³/mol. The van der Waals surface area contributed by atoms with Crippen LogP contribution < -0.4 is 4.90 Å². The highest BCUT2D eigenvalue weighted by molar-refractivity contribution is 7.99. The highest BCUT2D eigenvalue weighted by Gasteiger charge is 2.52. The van der Waals surface area contributed by atoms with Crippen molar-refractivity contribution in [1.82, 2.24) is 4.57 Å². The first-order valence-corrected chi connectivity index (χ1v) is 17.1. The van der Waals surface area contributed by atoms with E-state index in [0.717, 1.165) is 11.4 Å². The first kappa shape index (κ1) is 26.1. The van der Waals surface area contributed by atoms with Gasteiger partial charge in [-0.3, -0.25) is 0 Å². The molecule has 11 rings (SSSR count). The van der Waals surface area contributed by atoms with E-state index in [1.807, 2.05) is 23.9 Å². The third kappa shape index (κ3) is 3.06. The van der Waals surface area contributed by atoms with E-state index in [9.17, 15) is 5.26 Å². The van der Waals surface area contributed by atoms with Crippen molar-refractivity contribution >= 4 is 50.6 Å². The Bertz CT molecular complexity index is 2730. The van der Waals surface area contributed by atoms with Crippen LogP contribution in [0.15, 0.2) is 161 Å². The van der Waals surface area contributed by atoms with Crippen molar-refractivity contribution < 1.29 is 0 Å². The van der Waals surface area contributed by atoms with E-state index < -0.39 is 5.41 Å². The molecule has 0 radical (unpaired) electrons. The van der Waals surface area contributed by atoms with Gasteiger partial charge in [-0.15, -0.1) is 0 Å². The molecule has 222 valence electrons. The smallest absolute Gasteiger partial charge is 0.0991 e. The number of nitriles is 1. The SMILES string of the molecule is N#Cc1ccc(N2c3ccccc3Sc3ccc4c(c32)-c2ccccc2C42c3ccccc3-n3c4ccccc4c4cccc2c43)cc1. The Morgan fingerprint density at radius 1 is 0.542 bits per heavy atom. The first-order valence-electron chi connectivity index (χ1n) is 16.3. The Labute approximate surface area is 281 Å². The maximum Gasteiger partial charge on any atom is 0.0991 e. The zero-order valence-electron chi connectivity index (χ0n) is 25.7. The van der Waals surface area contributed by atoms with E-state index in [4.69, 9.17) is 0 Å². The van der Waals surface area contributed by atoms with Gasteiger partial charge in [0.1, 0.15) is 0 Å². The van der Waals surface area contributed by atoms with Crippen molar-refractivity contribution in [3.05, 3.63) is 179 Å². The molecule has 3 nitrogen and oxygen atoms in total. The van der Waals surface area contributed by atoms with Crippen LogP contribution in [-0.4, -0.2) is 4.57 Å². The minimum Gasteiger partial charge on any atom is -0.309 e. The largest absolute Gasteiger partial charge is 0.309 e. The third-order valence-corrected chi connectivity index (χ3v) is 11.7. The van der Waals surface area contributed by atoms with Crippen LogP contribution in [0.3, 0.4) is 0 Å². The number of rotatable bonds is 1. The Kier molecular flexibility index (Phi) is 5.05. The van der Waals surface area contributed by atoms with Crippen molar-refractivity contribution in [1.29, 1.82) is 5.26 Å². The van der Waals surface area contributed by atoms with E-state index in [1.165, 1.54) is 76.4 Å². The van der Waals surface area contributed by atoms with Crippen molar-refractivity contribution in [2.75, 3.05) is 4.90 Å². The second-order valence-corrected chi connectivity index (χ2v) is 13.8. The summed E-state index contributed by atoms with van der Waals surface area (Å²) in [6, 6.07) is 57.5. The highest BCUT2D eigenvalue weighted by Crippen LogP contribution is 2.65. The minimum atomic E-state index is -0.514. The summed E-state index contributed by atoms with van der Waals surface area (Å²) in [5.74, 6) is 0. The van der Waals surface area contributed by atoms with Gasteiger partial charge in [-0.25, -0.2) is 0 Å². The second kappa shape index (κ2) is 9.29. The van der Waals surface area contributed by atoms with E-state index >= 15 is 0 Å². The normalized spacial score (nSPS) is 16.3. The van der Waals surface area contributed by atoms with Gasteiger partial charge in [0.25, 0.3) is 0 Å². The molecule has 0 saturated carbocycles.